The number of rotatable bonds is 4. The van der Waals surface area contributed by atoms with Crippen LogP contribution in [0.15, 0.2) is 34.7 Å². The van der Waals surface area contributed by atoms with Crippen LogP contribution in [-0.2, 0) is 9.47 Å². The number of ether oxygens (including phenoxy) is 2. The molecule has 6 heteroatoms. The highest BCUT2D eigenvalue weighted by atomic mass is 16.5. The molecule has 0 spiro atoms. The monoisotopic (exact) mass is 288 g/mol. The molecule has 0 unspecified atom stereocenters. The van der Waals surface area contributed by atoms with Crippen LogP contribution in [0.3, 0.4) is 0 Å². The maximum Gasteiger partial charge on any atom is 0.339 e. The van der Waals surface area contributed by atoms with E-state index in [1.54, 1.807) is 12.1 Å². The quantitative estimate of drug-likeness (QED) is 0.634. The van der Waals surface area contributed by atoms with Gasteiger partial charge in [0.15, 0.2) is 12.0 Å². The average molecular weight is 288 g/mol. The molecular formula is C15H12O6. The van der Waals surface area contributed by atoms with Crippen molar-refractivity contribution in [1.29, 1.82) is 0 Å². The molecule has 6 nitrogen and oxygen atoms in total. The van der Waals surface area contributed by atoms with E-state index in [1.165, 1.54) is 32.4 Å². The Bertz CT molecular complexity index is 698. The minimum atomic E-state index is -0.699. The van der Waals surface area contributed by atoms with Gasteiger partial charge in [0, 0.05) is 5.56 Å². The van der Waals surface area contributed by atoms with Crippen molar-refractivity contribution in [3.63, 3.8) is 0 Å². The van der Waals surface area contributed by atoms with Crippen LogP contribution in [0, 0.1) is 0 Å². The lowest BCUT2D eigenvalue weighted by molar-refractivity contribution is 0.0556. The van der Waals surface area contributed by atoms with E-state index in [4.69, 9.17) is 9.15 Å². The van der Waals surface area contributed by atoms with Gasteiger partial charge in [-0.2, -0.15) is 0 Å². The summed E-state index contributed by atoms with van der Waals surface area (Å²) < 4.78 is 14.7. The zero-order valence-corrected chi connectivity index (χ0v) is 11.4. The lowest BCUT2D eigenvalue weighted by atomic mass is 9.99. The molecule has 108 valence electrons. The number of methoxy groups -OCH3 is 2. The highest BCUT2D eigenvalue weighted by molar-refractivity contribution is 6.07. The molecule has 1 aromatic heterocycles. The third-order valence-corrected chi connectivity index (χ3v) is 2.87. The summed E-state index contributed by atoms with van der Waals surface area (Å²) in [6.45, 7) is 0. The van der Waals surface area contributed by atoms with E-state index >= 15 is 0 Å². The summed E-state index contributed by atoms with van der Waals surface area (Å²) in [6.07, 6.45) is 0.547. The van der Waals surface area contributed by atoms with Crippen molar-refractivity contribution in [1.82, 2.24) is 0 Å². The number of furan rings is 1. The van der Waals surface area contributed by atoms with Gasteiger partial charge in [-0.1, -0.05) is 12.1 Å². The van der Waals surface area contributed by atoms with E-state index in [0.717, 1.165) is 0 Å². The topological polar surface area (TPSA) is 82.8 Å². The number of esters is 2. The maximum absolute atomic E-state index is 12.0. The van der Waals surface area contributed by atoms with Gasteiger partial charge in [0.05, 0.1) is 25.3 Å². The number of aldehydes is 1. The Hall–Kier alpha value is -2.89. The fraction of sp³-hybridized carbons (Fsp3) is 0.133. The molecule has 0 atom stereocenters. The van der Waals surface area contributed by atoms with E-state index in [9.17, 15) is 14.4 Å². The Morgan fingerprint density at radius 2 is 1.76 bits per heavy atom. The summed E-state index contributed by atoms with van der Waals surface area (Å²) in [4.78, 5) is 34.5. The first-order valence-corrected chi connectivity index (χ1v) is 5.97. The first kappa shape index (κ1) is 14.5. The Morgan fingerprint density at radius 3 is 2.33 bits per heavy atom. The van der Waals surface area contributed by atoms with Gasteiger partial charge in [-0.25, -0.2) is 9.59 Å². The molecule has 0 saturated carbocycles. The molecule has 1 heterocycles. The molecule has 2 rings (SSSR count). The van der Waals surface area contributed by atoms with Gasteiger partial charge < -0.3 is 13.9 Å². The van der Waals surface area contributed by atoms with Crippen LogP contribution < -0.4 is 0 Å². The molecule has 1 aromatic carbocycles. The predicted octanol–water partition coefficient (Wildman–Crippen LogP) is 2.33. The molecule has 2 aromatic rings. The first-order valence-electron chi connectivity index (χ1n) is 5.97. The zero-order chi connectivity index (χ0) is 15.4. The molecule has 0 bridgehead atoms. The Balaban J connectivity index is 2.67. The number of hydrogen-bond acceptors (Lipinski definition) is 6. The largest absolute Gasteiger partial charge is 0.465 e. The molecule has 0 aliphatic carbocycles. The van der Waals surface area contributed by atoms with E-state index in [0.29, 0.717) is 11.8 Å². The minimum absolute atomic E-state index is 0.0265. The average Bonchev–Trinajstić information content (AvgIpc) is 3.01. The van der Waals surface area contributed by atoms with Gasteiger partial charge in [0.25, 0.3) is 0 Å². The van der Waals surface area contributed by atoms with Gasteiger partial charge in [-0.15, -0.1) is 0 Å². The minimum Gasteiger partial charge on any atom is -0.465 e. The number of benzene rings is 1. The van der Waals surface area contributed by atoms with E-state index in [2.05, 4.69) is 4.74 Å². The smallest absolute Gasteiger partial charge is 0.339 e. The van der Waals surface area contributed by atoms with Crippen LogP contribution >= 0.6 is 0 Å². The Kier molecular flexibility index (Phi) is 4.18. The Morgan fingerprint density at radius 1 is 1.05 bits per heavy atom. The highest BCUT2D eigenvalue weighted by Crippen LogP contribution is 2.29. The molecule has 0 saturated heterocycles. The second-order valence-electron chi connectivity index (χ2n) is 4.03. The molecule has 0 aliphatic rings. The molecule has 0 radical (unpaired) electrons. The summed E-state index contributed by atoms with van der Waals surface area (Å²) in [5, 5.41) is 0. The van der Waals surface area contributed by atoms with Crippen LogP contribution in [-0.4, -0.2) is 32.4 Å². The standard InChI is InChI=1S/C15H12O6/c1-19-14(17)11-5-3-4-10(13(11)15(18)20-2)12-7-6-9(8-16)21-12/h3-8H,1-2H3. The van der Waals surface area contributed by atoms with Crippen molar-refractivity contribution >= 4 is 18.2 Å². The fourth-order valence-electron chi connectivity index (χ4n) is 1.92. The number of carbonyl (C=O) groups is 3. The molecular weight excluding hydrogens is 276 g/mol. The number of carbonyl (C=O) groups excluding carboxylic acids is 3. The third-order valence-electron chi connectivity index (χ3n) is 2.87. The van der Waals surface area contributed by atoms with Crippen molar-refractivity contribution < 1.29 is 28.3 Å². The van der Waals surface area contributed by atoms with Crippen LogP contribution in [0.2, 0.25) is 0 Å². The van der Waals surface area contributed by atoms with E-state index in [1.807, 2.05) is 0 Å². The zero-order valence-electron chi connectivity index (χ0n) is 11.4. The molecule has 0 fully saturated rings. The highest BCUT2D eigenvalue weighted by Gasteiger charge is 2.24. The number of hydrogen-bond donors (Lipinski definition) is 0. The predicted molar refractivity (Wildman–Crippen MR) is 72.2 cm³/mol. The van der Waals surface area contributed by atoms with Crippen molar-refractivity contribution in [3.05, 3.63) is 47.2 Å². The third kappa shape index (κ3) is 2.69. The SMILES string of the molecule is COC(=O)c1cccc(-c2ccc(C=O)o2)c1C(=O)OC. The molecule has 21 heavy (non-hydrogen) atoms. The summed E-state index contributed by atoms with van der Waals surface area (Å²) in [6, 6.07) is 7.62. The molecule has 0 amide bonds. The van der Waals surface area contributed by atoms with E-state index in [-0.39, 0.29) is 22.6 Å². The van der Waals surface area contributed by atoms with Gasteiger partial charge in [-0.05, 0) is 18.2 Å². The van der Waals surface area contributed by atoms with Gasteiger partial charge >= 0.3 is 11.9 Å². The lowest BCUT2D eigenvalue weighted by Crippen LogP contribution is -2.13. The van der Waals surface area contributed by atoms with Crippen molar-refractivity contribution in [3.8, 4) is 11.3 Å². The lowest BCUT2D eigenvalue weighted by Gasteiger charge is -2.10. The van der Waals surface area contributed by atoms with Crippen molar-refractivity contribution in [2.75, 3.05) is 14.2 Å². The summed E-state index contributed by atoms with van der Waals surface area (Å²) in [7, 11) is 2.42. The van der Waals surface area contributed by atoms with Crippen LogP contribution in [0.5, 0.6) is 0 Å². The normalized spacial score (nSPS) is 10.0. The summed E-state index contributed by atoms with van der Waals surface area (Å²) in [5.74, 6) is -0.970. The molecule has 0 aliphatic heterocycles. The second kappa shape index (κ2) is 6.04. The van der Waals surface area contributed by atoms with Gasteiger partial charge in [-0.3, -0.25) is 4.79 Å². The van der Waals surface area contributed by atoms with Crippen molar-refractivity contribution in [2.24, 2.45) is 0 Å². The summed E-state index contributed by atoms with van der Waals surface area (Å²) >= 11 is 0. The van der Waals surface area contributed by atoms with Gasteiger partial charge in [0.1, 0.15) is 5.76 Å². The fourth-order valence-corrected chi connectivity index (χ4v) is 1.92. The maximum atomic E-state index is 12.0. The van der Waals surface area contributed by atoms with Crippen LogP contribution in [0.25, 0.3) is 11.3 Å². The summed E-state index contributed by atoms with van der Waals surface area (Å²) in [5.41, 5.74) is 0.433. The molecule has 0 N–H and O–H groups in total. The van der Waals surface area contributed by atoms with E-state index < -0.39 is 11.9 Å². The first-order chi connectivity index (χ1) is 10.1. The Labute approximate surface area is 120 Å². The van der Waals surface area contributed by atoms with Crippen molar-refractivity contribution in [2.45, 2.75) is 0 Å². The van der Waals surface area contributed by atoms with Crippen LogP contribution in [0.4, 0.5) is 0 Å². The van der Waals surface area contributed by atoms with Gasteiger partial charge in [0.2, 0.25) is 0 Å². The second-order valence-corrected chi connectivity index (χ2v) is 4.03. The van der Waals surface area contributed by atoms with Crippen LogP contribution in [0.1, 0.15) is 31.3 Å².